The summed E-state index contributed by atoms with van der Waals surface area (Å²) >= 11 is 0. The highest BCUT2D eigenvalue weighted by atomic mass is 16.5. The second kappa shape index (κ2) is 5.65. The number of anilines is 1. The molecule has 0 amide bonds. The number of benzene rings is 1. The number of rotatable bonds is 2. The number of hydrogen-bond acceptors (Lipinski definition) is 4. The van der Waals surface area contributed by atoms with E-state index in [1.165, 1.54) is 23.8 Å². The molecule has 1 heterocycles. The Bertz CT molecular complexity index is 520. The number of ketones is 1. The summed E-state index contributed by atoms with van der Waals surface area (Å²) in [5, 5.41) is 0. The smallest absolute Gasteiger partial charge is 0.318 e. The van der Waals surface area contributed by atoms with E-state index in [4.69, 9.17) is 4.74 Å². The van der Waals surface area contributed by atoms with Crippen molar-refractivity contribution in [2.24, 2.45) is 5.92 Å². The van der Waals surface area contributed by atoms with Crippen LogP contribution in [-0.4, -0.2) is 32.0 Å². The van der Waals surface area contributed by atoms with Crippen molar-refractivity contribution in [3.63, 3.8) is 0 Å². The van der Waals surface area contributed by atoms with Gasteiger partial charge in [-0.05, 0) is 31.9 Å². The van der Waals surface area contributed by atoms with Gasteiger partial charge in [-0.1, -0.05) is 17.7 Å². The zero-order chi connectivity index (χ0) is 14.9. The van der Waals surface area contributed by atoms with E-state index >= 15 is 0 Å². The minimum absolute atomic E-state index is 0.0180. The third kappa shape index (κ3) is 2.69. The van der Waals surface area contributed by atoms with Gasteiger partial charge in [0.2, 0.25) is 0 Å². The Morgan fingerprint density at radius 1 is 1.25 bits per heavy atom. The van der Waals surface area contributed by atoms with Gasteiger partial charge < -0.3 is 9.64 Å². The van der Waals surface area contributed by atoms with Crippen LogP contribution in [-0.2, 0) is 14.3 Å². The quantitative estimate of drug-likeness (QED) is 0.613. The van der Waals surface area contributed by atoms with Crippen LogP contribution in [0.2, 0.25) is 0 Å². The maximum Gasteiger partial charge on any atom is 0.318 e. The fourth-order valence-corrected chi connectivity index (χ4v) is 3.06. The Balaban J connectivity index is 2.30. The average molecular weight is 275 g/mol. The van der Waals surface area contributed by atoms with Crippen LogP contribution in [0.15, 0.2) is 12.1 Å². The van der Waals surface area contributed by atoms with Crippen LogP contribution in [0.5, 0.6) is 0 Å². The van der Waals surface area contributed by atoms with Gasteiger partial charge in [-0.15, -0.1) is 0 Å². The molecule has 1 fully saturated rings. The van der Waals surface area contributed by atoms with Gasteiger partial charge in [0.25, 0.3) is 0 Å². The van der Waals surface area contributed by atoms with Crippen molar-refractivity contribution >= 4 is 17.4 Å². The number of carbonyl (C=O) groups excluding carboxylic acids is 2. The van der Waals surface area contributed by atoms with Crippen LogP contribution in [0, 0.1) is 26.7 Å². The molecule has 108 valence electrons. The number of ether oxygens (including phenoxy) is 1. The molecule has 2 rings (SSSR count). The third-order valence-corrected chi connectivity index (χ3v) is 3.86. The zero-order valence-electron chi connectivity index (χ0n) is 12.5. The van der Waals surface area contributed by atoms with Crippen LogP contribution in [0.4, 0.5) is 5.69 Å². The molecular formula is C16H21NO3. The maximum absolute atomic E-state index is 11.9. The third-order valence-electron chi connectivity index (χ3n) is 3.86. The summed E-state index contributed by atoms with van der Waals surface area (Å²) in [4.78, 5) is 25.7. The summed E-state index contributed by atoms with van der Waals surface area (Å²) < 4.78 is 4.74. The molecule has 0 aromatic heterocycles. The second-order valence-electron chi connectivity index (χ2n) is 5.49. The lowest BCUT2D eigenvalue weighted by atomic mass is 9.94. The van der Waals surface area contributed by atoms with Crippen LogP contribution in [0.1, 0.15) is 23.1 Å². The van der Waals surface area contributed by atoms with E-state index in [0.717, 1.165) is 5.69 Å². The Hall–Kier alpha value is -1.84. The van der Waals surface area contributed by atoms with E-state index in [2.05, 4.69) is 37.8 Å². The molecule has 0 saturated carbocycles. The molecule has 0 radical (unpaired) electrons. The van der Waals surface area contributed by atoms with Crippen molar-refractivity contribution in [3.8, 4) is 0 Å². The molecule has 1 saturated heterocycles. The van der Waals surface area contributed by atoms with Gasteiger partial charge in [-0.25, -0.2) is 0 Å². The zero-order valence-corrected chi connectivity index (χ0v) is 12.5. The summed E-state index contributed by atoms with van der Waals surface area (Å²) in [5.41, 5.74) is 4.72. The van der Waals surface area contributed by atoms with Crippen molar-refractivity contribution in [1.29, 1.82) is 0 Å². The molecule has 1 aromatic carbocycles. The molecular weight excluding hydrogens is 254 g/mol. The number of nitrogens with zero attached hydrogens (tertiary/aromatic N) is 1. The van der Waals surface area contributed by atoms with Crippen molar-refractivity contribution in [1.82, 2.24) is 0 Å². The molecule has 0 spiro atoms. The van der Waals surface area contributed by atoms with Gasteiger partial charge in [-0.3, -0.25) is 9.59 Å². The topological polar surface area (TPSA) is 46.6 Å². The fourth-order valence-electron chi connectivity index (χ4n) is 3.06. The van der Waals surface area contributed by atoms with Crippen molar-refractivity contribution in [2.45, 2.75) is 27.2 Å². The van der Waals surface area contributed by atoms with Gasteiger partial charge in [0.05, 0.1) is 7.11 Å². The fraction of sp³-hybridized carbons (Fsp3) is 0.500. The minimum Gasteiger partial charge on any atom is -0.468 e. The van der Waals surface area contributed by atoms with Gasteiger partial charge in [0.15, 0.2) is 5.78 Å². The molecule has 1 aliphatic heterocycles. The number of carbonyl (C=O) groups is 2. The lowest BCUT2D eigenvalue weighted by Gasteiger charge is -2.34. The Labute approximate surface area is 119 Å². The maximum atomic E-state index is 11.9. The summed E-state index contributed by atoms with van der Waals surface area (Å²) in [6.07, 6.45) is 0.395. The SMILES string of the molecule is COC(=O)C1CN(c2c(C)cc(C)cc2C)CCC1=O. The first-order chi connectivity index (χ1) is 9.43. The van der Waals surface area contributed by atoms with E-state index in [0.29, 0.717) is 19.5 Å². The van der Waals surface area contributed by atoms with Gasteiger partial charge in [0, 0.05) is 25.2 Å². The molecule has 0 bridgehead atoms. The normalized spacial score (nSPS) is 19.1. The monoisotopic (exact) mass is 275 g/mol. The van der Waals surface area contributed by atoms with Crippen LogP contribution in [0.25, 0.3) is 0 Å². The van der Waals surface area contributed by atoms with E-state index in [1.807, 2.05) is 0 Å². The average Bonchev–Trinajstić information content (AvgIpc) is 2.38. The molecule has 1 aromatic rings. The highest BCUT2D eigenvalue weighted by molar-refractivity contribution is 6.00. The lowest BCUT2D eigenvalue weighted by Crippen LogP contribution is -2.45. The number of aryl methyl sites for hydroxylation is 3. The first-order valence-corrected chi connectivity index (χ1v) is 6.87. The molecule has 1 atom stereocenters. The Kier molecular flexibility index (Phi) is 4.12. The number of esters is 1. The van der Waals surface area contributed by atoms with Gasteiger partial charge in [-0.2, -0.15) is 0 Å². The van der Waals surface area contributed by atoms with E-state index < -0.39 is 11.9 Å². The summed E-state index contributed by atoms with van der Waals surface area (Å²) in [5.74, 6) is -1.11. The molecule has 4 nitrogen and oxygen atoms in total. The van der Waals surface area contributed by atoms with E-state index in [9.17, 15) is 9.59 Å². The highest BCUT2D eigenvalue weighted by Crippen LogP contribution is 2.29. The summed E-state index contributed by atoms with van der Waals surface area (Å²) in [6, 6.07) is 4.26. The Morgan fingerprint density at radius 2 is 1.85 bits per heavy atom. The van der Waals surface area contributed by atoms with Crippen molar-refractivity contribution in [2.75, 3.05) is 25.1 Å². The largest absolute Gasteiger partial charge is 0.468 e. The van der Waals surface area contributed by atoms with Gasteiger partial charge >= 0.3 is 5.97 Å². The molecule has 1 aliphatic rings. The highest BCUT2D eigenvalue weighted by Gasteiger charge is 2.34. The van der Waals surface area contributed by atoms with E-state index in [-0.39, 0.29) is 5.78 Å². The standard InChI is InChI=1S/C16H21NO3/c1-10-7-11(2)15(12(3)8-10)17-6-5-14(18)13(9-17)16(19)20-4/h7-8,13H,5-6,9H2,1-4H3. The van der Waals surface area contributed by atoms with Gasteiger partial charge in [0.1, 0.15) is 5.92 Å². The lowest BCUT2D eigenvalue weighted by molar-refractivity contribution is -0.149. The molecule has 1 unspecified atom stereocenters. The van der Waals surface area contributed by atoms with Crippen LogP contribution >= 0.6 is 0 Å². The number of hydrogen-bond donors (Lipinski definition) is 0. The Morgan fingerprint density at radius 3 is 2.40 bits per heavy atom. The van der Waals surface area contributed by atoms with Crippen LogP contribution in [0.3, 0.4) is 0 Å². The van der Waals surface area contributed by atoms with Crippen molar-refractivity contribution < 1.29 is 14.3 Å². The van der Waals surface area contributed by atoms with Crippen LogP contribution < -0.4 is 4.90 Å². The summed E-state index contributed by atoms with van der Waals surface area (Å²) in [7, 11) is 1.33. The first-order valence-electron chi connectivity index (χ1n) is 6.87. The first kappa shape index (κ1) is 14.6. The molecule has 0 N–H and O–H groups in total. The molecule has 4 heteroatoms. The minimum atomic E-state index is -0.658. The predicted octanol–water partition coefficient (Wildman–Crippen LogP) is 2.18. The summed E-state index contributed by atoms with van der Waals surface area (Å²) in [6.45, 7) is 7.28. The van der Waals surface area contributed by atoms with Crippen molar-refractivity contribution in [3.05, 3.63) is 28.8 Å². The number of Topliss-reactive ketones (excluding diaryl/α,β-unsaturated/α-hetero) is 1. The molecule has 0 aliphatic carbocycles. The second-order valence-corrected chi connectivity index (χ2v) is 5.49. The number of piperidine rings is 1. The van der Waals surface area contributed by atoms with E-state index in [1.54, 1.807) is 0 Å². The number of methoxy groups -OCH3 is 1. The molecule has 20 heavy (non-hydrogen) atoms. The predicted molar refractivity (Wildman–Crippen MR) is 78.0 cm³/mol.